The standard InChI is InChI=1S/C20H34N2O4/c1-4-21(5-2)15-18(23)16-26-20-13-17(7-8-19(20)24-3)14-22-9-6-11-25-12-10-22/h7-8,13,18,23H,4-6,9-12,14-16H2,1-3H3. The number of nitrogens with zero attached hydrogens (tertiary/aromatic N) is 2. The van der Waals surface area contributed by atoms with Crippen LogP contribution in [-0.4, -0.2) is 80.7 Å². The van der Waals surface area contributed by atoms with Crippen LogP contribution in [0.4, 0.5) is 0 Å². The van der Waals surface area contributed by atoms with Gasteiger partial charge in [0.25, 0.3) is 0 Å². The maximum atomic E-state index is 10.2. The van der Waals surface area contributed by atoms with Gasteiger partial charge in [0.1, 0.15) is 12.7 Å². The number of benzene rings is 1. The van der Waals surface area contributed by atoms with Crippen LogP contribution in [0.2, 0.25) is 0 Å². The van der Waals surface area contributed by atoms with E-state index in [1.54, 1.807) is 7.11 Å². The molecule has 0 saturated carbocycles. The first-order valence-electron chi connectivity index (χ1n) is 9.66. The second kappa shape index (κ2) is 11.4. The summed E-state index contributed by atoms with van der Waals surface area (Å²) in [5.74, 6) is 1.39. The summed E-state index contributed by atoms with van der Waals surface area (Å²) in [4.78, 5) is 4.58. The number of hydrogen-bond acceptors (Lipinski definition) is 6. The molecule has 1 fully saturated rings. The number of aliphatic hydroxyl groups is 1. The van der Waals surface area contributed by atoms with Gasteiger partial charge in [-0.05, 0) is 37.2 Å². The quantitative estimate of drug-likeness (QED) is 0.684. The molecule has 6 nitrogen and oxygen atoms in total. The van der Waals surface area contributed by atoms with Crippen LogP contribution in [0.1, 0.15) is 25.8 Å². The topological polar surface area (TPSA) is 54.4 Å². The van der Waals surface area contributed by atoms with Gasteiger partial charge in [0.2, 0.25) is 0 Å². The molecule has 1 aromatic rings. The fourth-order valence-corrected chi connectivity index (χ4v) is 3.16. The van der Waals surface area contributed by atoms with E-state index in [0.29, 0.717) is 18.0 Å². The summed E-state index contributed by atoms with van der Waals surface area (Å²) in [5, 5.41) is 10.2. The molecule has 0 aromatic heterocycles. The molecule has 0 spiro atoms. The molecule has 0 bridgehead atoms. The van der Waals surface area contributed by atoms with Crippen molar-refractivity contribution >= 4 is 0 Å². The number of methoxy groups -OCH3 is 1. The summed E-state index contributed by atoms with van der Waals surface area (Å²) < 4.78 is 16.8. The Hall–Kier alpha value is -1.34. The first kappa shape index (κ1) is 21.0. The molecule has 1 aliphatic heterocycles. The minimum absolute atomic E-state index is 0.258. The van der Waals surface area contributed by atoms with Crippen molar-refractivity contribution in [2.75, 3.05) is 59.7 Å². The summed E-state index contributed by atoms with van der Waals surface area (Å²) in [6.45, 7) is 11.4. The van der Waals surface area contributed by atoms with E-state index >= 15 is 0 Å². The highest BCUT2D eigenvalue weighted by molar-refractivity contribution is 5.43. The molecule has 1 aliphatic rings. The van der Waals surface area contributed by atoms with Gasteiger partial charge >= 0.3 is 0 Å². The summed E-state index contributed by atoms with van der Waals surface area (Å²) in [5.41, 5.74) is 1.18. The minimum Gasteiger partial charge on any atom is -0.493 e. The zero-order chi connectivity index (χ0) is 18.8. The fraction of sp³-hybridized carbons (Fsp3) is 0.700. The van der Waals surface area contributed by atoms with Crippen LogP contribution in [0, 0.1) is 0 Å². The third-order valence-corrected chi connectivity index (χ3v) is 4.74. The van der Waals surface area contributed by atoms with Gasteiger partial charge in [-0.2, -0.15) is 0 Å². The molecule has 1 heterocycles. The van der Waals surface area contributed by atoms with Crippen LogP contribution in [0.3, 0.4) is 0 Å². The highest BCUT2D eigenvalue weighted by Gasteiger charge is 2.14. The Morgan fingerprint density at radius 3 is 2.73 bits per heavy atom. The van der Waals surface area contributed by atoms with Gasteiger partial charge in [0.05, 0.1) is 13.7 Å². The Labute approximate surface area is 157 Å². The molecule has 1 N–H and O–H groups in total. The molecule has 1 aromatic carbocycles. The van der Waals surface area contributed by atoms with Crippen LogP contribution >= 0.6 is 0 Å². The van der Waals surface area contributed by atoms with Gasteiger partial charge in [-0.25, -0.2) is 0 Å². The van der Waals surface area contributed by atoms with Gasteiger partial charge in [-0.1, -0.05) is 19.9 Å². The van der Waals surface area contributed by atoms with E-state index in [0.717, 1.165) is 52.4 Å². The smallest absolute Gasteiger partial charge is 0.161 e. The van der Waals surface area contributed by atoms with Gasteiger partial charge in [-0.15, -0.1) is 0 Å². The number of aliphatic hydroxyl groups excluding tert-OH is 1. The minimum atomic E-state index is -0.522. The van der Waals surface area contributed by atoms with E-state index in [4.69, 9.17) is 14.2 Å². The van der Waals surface area contributed by atoms with E-state index in [1.165, 1.54) is 5.56 Å². The van der Waals surface area contributed by atoms with Crippen molar-refractivity contribution in [3.8, 4) is 11.5 Å². The normalized spacial score (nSPS) is 17.1. The molecule has 1 unspecified atom stereocenters. The molecular weight excluding hydrogens is 332 g/mol. The third kappa shape index (κ3) is 6.76. The summed E-state index contributed by atoms with van der Waals surface area (Å²) in [6.07, 6.45) is 0.544. The van der Waals surface area contributed by atoms with Crippen molar-refractivity contribution in [2.45, 2.75) is 32.9 Å². The van der Waals surface area contributed by atoms with Crippen molar-refractivity contribution in [1.29, 1.82) is 0 Å². The maximum Gasteiger partial charge on any atom is 0.161 e. The molecule has 1 saturated heterocycles. The van der Waals surface area contributed by atoms with Crippen LogP contribution in [0.25, 0.3) is 0 Å². The maximum absolute atomic E-state index is 10.2. The van der Waals surface area contributed by atoms with E-state index in [9.17, 15) is 5.11 Å². The Bertz CT molecular complexity index is 515. The lowest BCUT2D eigenvalue weighted by atomic mass is 10.2. The zero-order valence-electron chi connectivity index (χ0n) is 16.4. The SMILES string of the molecule is CCN(CC)CC(O)COc1cc(CN2CCCOCC2)ccc1OC. The van der Waals surface area contributed by atoms with Crippen LogP contribution < -0.4 is 9.47 Å². The second-order valence-electron chi connectivity index (χ2n) is 6.68. The Kier molecular flexibility index (Phi) is 9.18. The van der Waals surface area contributed by atoms with E-state index < -0.39 is 6.10 Å². The zero-order valence-corrected chi connectivity index (χ0v) is 16.4. The van der Waals surface area contributed by atoms with Crippen molar-refractivity contribution in [1.82, 2.24) is 9.80 Å². The first-order chi connectivity index (χ1) is 12.7. The molecule has 6 heteroatoms. The molecule has 148 valence electrons. The van der Waals surface area contributed by atoms with Gasteiger partial charge in [0, 0.05) is 32.8 Å². The fourth-order valence-electron chi connectivity index (χ4n) is 3.16. The lowest BCUT2D eigenvalue weighted by Gasteiger charge is -2.23. The highest BCUT2D eigenvalue weighted by Crippen LogP contribution is 2.29. The number of hydrogen-bond donors (Lipinski definition) is 1. The van der Waals surface area contributed by atoms with Crippen molar-refractivity contribution < 1.29 is 19.3 Å². The van der Waals surface area contributed by atoms with Crippen LogP contribution in [-0.2, 0) is 11.3 Å². The van der Waals surface area contributed by atoms with E-state index in [2.05, 4.69) is 29.7 Å². The molecule has 26 heavy (non-hydrogen) atoms. The average molecular weight is 367 g/mol. The largest absolute Gasteiger partial charge is 0.493 e. The average Bonchev–Trinajstić information content (AvgIpc) is 2.93. The predicted molar refractivity (Wildman–Crippen MR) is 103 cm³/mol. The number of rotatable bonds is 10. The molecule has 2 rings (SSSR count). The Balaban J connectivity index is 1.95. The molecule has 0 aliphatic carbocycles. The van der Waals surface area contributed by atoms with Crippen molar-refractivity contribution in [3.05, 3.63) is 23.8 Å². The van der Waals surface area contributed by atoms with Crippen LogP contribution in [0.15, 0.2) is 18.2 Å². The summed E-state index contributed by atoms with van der Waals surface area (Å²) in [7, 11) is 1.64. The lowest BCUT2D eigenvalue weighted by molar-refractivity contribution is 0.0705. The molecule has 1 atom stereocenters. The van der Waals surface area contributed by atoms with Gasteiger partial charge < -0.3 is 24.2 Å². The van der Waals surface area contributed by atoms with Crippen molar-refractivity contribution in [3.63, 3.8) is 0 Å². The van der Waals surface area contributed by atoms with Crippen LogP contribution in [0.5, 0.6) is 11.5 Å². The lowest BCUT2D eigenvalue weighted by Crippen LogP contribution is -2.35. The van der Waals surface area contributed by atoms with Crippen molar-refractivity contribution in [2.24, 2.45) is 0 Å². The number of likely N-dealkylation sites (N-methyl/N-ethyl adjacent to an activating group) is 1. The summed E-state index contributed by atoms with van der Waals surface area (Å²) >= 11 is 0. The van der Waals surface area contributed by atoms with E-state index in [-0.39, 0.29) is 6.61 Å². The third-order valence-electron chi connectivity index (χ3n) is 4.74. The number of ether oxygens (including phenoxy) is 3. The first-order valence-corrected chi connectivity index (χ1v) is 9.66. The predicted octanol–water partition coefficient (Wildman–Crippen LogP) is 2.00. The van der Waals surface area contributed by atoms with Gasteiger partial charge in [-0.3, -0.25) is 4.90 Å². The van der Waals surface area contributed by atoms with E-state index in [1.807, 2.05) is 12.1 Å². The Morgan fingerprint density at radius 1 is 1.19 bits per heavy atom. The summed E-state index contributed by atoms with van der Waals surface area (Å²) in [6, 6.07) is 6.04. The molecular formula is C20H34N2O4. The molecule has 0 radical (unpaired) electrons. The van der Waals surface area contributed by atoms with Gasteiger partial charge in [0.15, 0.2) is 11.5 Å². The second-order valence-corrected chi connectivity index (χ2v) is 6.68. The Morgan fingerprint density at radius 2 is 2.00 bits per heavy atom. The monoisotopic (exact) mass is 366 g/mol. The molecule has 0 amide bonds. The highest BCUT2D eigenvalue weighted by atomic mass is 16.5.